The highest BCUT2D eigenvalue weighted by Gasteiger charge is 2.03. The predicted molar refractivity (Wildman–Crippen MR) is 131 cm³/mol. The van der Waals surface area contributed by atoms with E-state index in [1.54, 1.807) is 0 Å². The van der Waals surface area contributed by atoms with Crippen molar-refractivity contribution in [2.45, 2.75) is 70.8 Å². The van der Waals surface area contributed by atoms with Crippen LogP contribution in [-0.2, 0) is 28.9 Å². The number of azide groups is 1. The van der Waals surface area contributed by atoms with Crippen molar-refractivity contribution in [3.8, 4) is 0 Å². The number of nitrogens with zero attached hydrogens (tertiary/aromatic N) is 5. The summed E-state index contributed by atoms with van der Waals surface area (Å²) >= 11 is 0. The van der Waals surface area contributed by atoms with Crippen LogP contribution in [0.3, 0.4) is 0 Å². The lowest BCUT2D eigenvalue weighted by atomic mass is 10.1. The van der Waals surface area contributed by atoms with Gasteiger partial charge in [-0.1, -0.05) is 24.0 Å². The maximum Gasteiger partial charge on any atom is 0.171 e. The molecule has 0 spiro atoms. The second-order valence-corrected chi connectivity index (χ2v) is 8.32. The van der Waals surface area contributed by atoms with Crippen LogP contribution in [0.4, 0.5) is 0 Å². The van der Waals surface area contributed by atoms with E-state index in [9.17, 15) is 0 Å². The highest BCUT2D eigenvalue weighted by molar-refractivity contribution is 5.08. The average Bonchev–Trinajstić information content (AvgIpc) is 2.85. The average molecular weight is 490 g/mol. The van der Waals surface area contributed by atoms with Crippen LogP contribution in [0.2, 0.25) is 0 Å². The van der Waals surface area contributed by atoms with Crippen LogP contribution in [0, 0.1) is 0 Å². The van der Waals surface area contributed by atoms with E-state index in [4.69, 9.17) is 15.0 Å². The molecule has 0 aromatic carbocycles. The maximum atomic E-state index is 8.23. The molecule has 2 aromatic rings. The molecule has 0 atom stereocenters. The molecule has 0 saturated heterocycles. The number of pyridine rings is 2. The summed E-state index contributed by atoms with van der Waals surface area (Å²) in [6, 6.07) is 8.44. The van der Waals surface area contributed by atoms with Gasteiger partial charge >= 0.3 is 0 Å². The van der Waals surface area contributed by atoms with Crippen molar-refractivity contribution in [2.75, 3.05) is 33.0 Å². The Bertz CT molecular complexity index is 788. The molecule has 188 valence electrons. The summed E-state index contributed by atoms with van der Waals surface area (Å²) in [4.78, 5) is 6.91. The van der Waals surface area contributed by atoms with Crippen molar-refractivity contribution in [2.24, 2.45) is 5.11 Å². The topological polar surface area (TPSA) is 84.0 Å². The van der Waals surface area contributed by atoms with Gasteiger partial charge in [0.1, 0.15) is 6.54 Å². The van der Waals surface area contributed by atoms with E-state index in [2.05, 4.69) is 50.2 Å². The number of hydrogen-bond donors (Lipinski definition) is 0. The monoisotopic (exact) mass is 489 g/mol. The molecule has 0 amide bonds. The summed E-state index contributed by atoms with van der Waals surface area (Å²) in [6.07, 6.45) is 18.8. The van der Waals surface area contributed by atoms with Gasteiger partial charge in [0.2, 0.25) is 0 Å². The fourth-order valence-corrected chi connectivity index (χ4v) is 3.65. The Balaban J connectivity index is 0.00000578. The molecule has 0 aliphatic rings. The smallest absolute Gasteiger partial charge is 0.171 e. The van der Waals surface area contributed by atoms with Gasteiger partial charge in [0.05, 0.1) is 0 Å². The quantitative estimate of drug-likeness (QED) is 0.0942. The summed E-state index contributed by atoms with van der Waals surface area (Å²) < 4.78 is 13.8. The first kappa shape index (κ1) is 29.9. The van der Waals surface area contributed by atoms with Gasteiger partial charge in [0, 0.05) is 68.3 Å². The minimum Gasteiger partial charge on any atom is -1.00 e. The Labute approximate surface area is 210 Å². The van der Waals surface area contributed by atoms with Crippen molar-refractivity contribution < 1.29 is 26.4 Å². The van der Waals surface area contributed by atoms with E-state index in [0.717, 1.165) is 97.2 Å². The first-order valence-electron chi connectivity index (χ1n) is 12.4. The van der Waals surface area contributed by atoms with E-state index >= 15 is 0 Å². The molecular weight excluding hydrogens is 450 g/mol. The SMILES string of the molecule is [Cl-].[N-]=[N+]=NCCCCCCOCCCc1ccc[n+](CCCCOCCCc2cccnc2)c1. The molecule has 34 heavy (non-hydrogen) atoms. The molecule has 0 unspecified atom stereocenters. The van der Waals surface area contributed by atoms with E-state index in [1.807, 2.05) is 18.5 Å². The molecule has 0 saturated carbocycles. The summed E-state index contributed by atoms with van der Waals surface area (Å²) in [5, 5.41) is 3.55. The van der Waals surface area contributed by atoms with Crippen LogP contribution in [0.1, 0.15) is 62.5 Å². The van der Waals surface area contributed by atoms with E-state index in [-0.39, 0.29) is 12.4 Å². The van der Waals surface area contributed by atoms with Crippen molar-refractivity contribution >= 4 is 0 Å². The molecule has 0 bridgehead atoms. The summed E-state index contributed by atoms with van der Waals surface area (Å²) in [5.41, 5.74) is 10.9. The lowest BCUT2D eigenvalue weighted by Crippen LogP contribution is -3.00. The Morgan fingerprint density at radius 2 is 1.50 bits per heavy atom. The number of rotatable bonds is 20. The molecule has 8 heteroatoms. The molecule has 2 rings (SSSR count). The third-order valence-corrected chi connectivity index (χ3v) is 5.47. The molecule has 0 fully saturated rings. The highest BCUT2D eigenvalue weighted by Crippen LogP contribution is 2.04. The zero-order chi connectivity index (χ0) is 23.2. The standard InChI is InChI=1S/C26H40N5O2.ClH/c27-30-29-16-3-1-2-5-19-32-22-10-14-26-12-8-18-31(24-26)17-4-6-20-33-21-9-13-25-11-7-15-28-23-25;/h7-8,11-12,15,18,23-24H,1-6,9-10,13-14,16-17,19-22H2;1H/q+1;/p-1. The zero-order valence-electron chi connectivity index (χ0n) is 20.4. The van der Waals surface area contributed by atoms with Crippen LogP contribution in [0.25, 0.3) is 10.4 Å². The highest BCUT2D eigenvalue weighted by atomic mass is 35.5. The van der Waals surface area contributed by atoms with Crippen molar-refractivity contribution in [3.05, 3.63) is 70.6 Å². The molecule has 0 aliphatic carbocycles. The Hall–Kier alpha value is -2.18. The third-order valence-electron chi connectivity index (χ3n) is 5.47. The largest absolute Gasteiger partial charge is 1.00 e. The zero-order valence-corrected chi connectivity index (χ0v) is 21.1. The van der Waals surface area contributed by atoms with Crippen LogP contribution < -0.4 is 17.0 Å². The van der Waals surface area contributed by atoms with Crippen molar-refractivity contribution in [1.82, 2.24) is 4.98 Å². The molecule has 0 aliphatic heterocycles. The normalized spacial score (nSPS) is 10.5. The summed E-state index contributed by atoms with van der Waals surface area (Å²) in [6.45, 7) is 4.92. The van der Waals surface area contributed by atoms with E-state index in [1.165, 1.54) is 11.1 Å². The number of aryl methyl sites for hydroxylation is 3. The van der Waals surface area contributed by atoms with Gasteiger partial charge < -0.3 is 21.9 Å². The Morgan fingerprint density at radius 1 is 0.824 bits per heavy atom. The lowest BCUT2D eigenvalue weighted by Gasteiger charge is -2.05. The van der Waals surface area contributed by atoms with Crippen LogP contribution in [0.5, 0.6) is 0 Å². The lowest BCUT2D eigenvalue weighted by molar-refractivity contribution is -0.697. The summed E-state index contributed by atoms with van der Waals surface area (Å²) in [5.74, 6) is 0. The van der Waals surface area contributed by atoms with Gasteiger partial charge in [-0.05, 0) is 68.2 Å². The van der Waals surface area contributed by atoms with Crippen LogP contribution >= 0.6 is 0 Å². The van der Waals surface area contributed by atoms with E-state index in [0.29, 0.717) is 6.54 Å². The maximum absolute atomic E-state index is 8.23. The second-order valence-electron chi connectivity index (χ2n) is 8.32. The van der Waals surface area contributed by atoms with Crippen molar-refractivity contribution in [1.29, 1.82) is 0 Å². The minimum absolute atomic E-state index is 0. The third kappa shape index (κ3) is 15.6. The Kier molecular flexibility index (Phi) is 18.8. The number of aromatic nitrogens is 2. The van der Waals surface area contributed by atoms with Gasteiger partial charge in [-0.2, -0.15) is 0 Å². The summed E-state index contributed by atoms with van der Waals surface area (Å²) in [7, 11) is 0. The molecule has 0 N–H and O–H groups in total. The Morgan fingerprint density at radius 3 is 2.24 bits per heavy atom. The molecule has 2 aromatic heterocycles. The number of ether oxygens (including phenoxy) is 2. The van der Waals surface area contributed by atoms with Gasteiger partial charge in [-0.3, -0.25) is 4.98 Å². The number of hydrogen-bond acceptors (Lipinski definition) is 4. The first-order chi connectivity index (χ1) is 16.4. The number of unbranched alkanes of at least 4 members (excludes halogenated alkanes) is 4. The predicted octanol–water partition coefficient (Wildman–Crippen LogP) is 2.62. The van der Waals surface area contributed by atoms with Gasteiger partial charge in [-0.25, -0.2) is 4.57 Å². The second kappa shape index (κ2) is 21.4. The van der Waals surface area contributed by atoms with Gasteiger partial charge in [-0.15, -0.1) is 0 Å². The molecule has 7 nitrogen and oxygen atoms in total. The van der Waals surface area contributed by atoms with Gasteiger partial charge in [0.25, 0.3) is 0 Å². The van der Waals surface area contributed by atoms with Crippen LogP contribution in [-0.4, -0.2) is 38.0 Å². The van der Waals surface area contributed by atoms with Crippen molar-refractivity contribution in [3.63, 3.8) is 0 Å². The fraction of sp³-hybridized carbons (Fsp3) is 0.615. The minimum atomic E-state index is 0. The number of halogens is 1. The van der Waals surface area contributed by atoms with E-state index < -0.39 is 0 Å². The molecule has 2 heterocycles. The molecule has 0 radical (unpaired) electrons. The van der Waals surface area contributed by atoms with Gasteiger partial charge in [0.15, 0.2) is 12.4 Å². The fourth-order valence-electron chi connectivity index (χ4n) is 3.65. The van der Waals surface area contributed by atoms with Crippen LogP contribution in [0.15, 0.2) is 54.2 Å². The molecular formula is C26H40ClN5O2. The first-order valence-corrected chi connectivity index (χ1v) is 12.4.